The number of hydrogen-bond acceptors (Lipinski definition) is 3. The summed E-state index contributed by atoms with van der Waals surface area (Å²) in [6.07, 6.45) is 11.7. The molecule has 1 aromatic heterocycles. The van der Waals surface area contributed by atoms with Gasteiger partial charge in [-0.2, -0.15) is 0 Å². The standard InChI is InChI=1S/C19H31N3O2/c1-19(9-5-3-4-6-10-19)18(24)22-12-7-15(8-13-22)16(23)17-20-11-14-21(17)2/h11,14-16,23H,3-10,12-13H2,1-2H3. The van der Waals surface area contributed by atoms with E-state index in [1.54, 1.807) is 6.20 Å². The highest BCUT2D eigenvalue weighted by molar-refractivity contribution is 5.82. The van der Waals surface area contributed by atoms with E-state index in [0.29, 0.717) is 5.91 Å². The van der Waals surface area contributed by atoms with Crippen molar-refractivity contribution in [2.45, 2.75) is 64.4 Å². The van der Waals surface area contributed by atoms with Crippen LogP contribution in [0, 0.1) is 11.3 Å². The van der Waals surface area contributed by atoms with E-state index in [4.69, 9.17) is 0 Å². The maximum atomic E-state index is 13.0. The van der Waals surface area contributed by atoms with Gasteiger partial charge in [0.15, 0.2) is 0 Å². The first-order valence-corrected chi connectivity index (χ1v) is 9.46. The molecule has 1 N–H and O–H groups in total. The van der Waals surface area contributed by atoms with Crippen LogP contribution < -0.4 is 0 Å². The molecular weight excluding hydrogens is 302 g/mol. The first kappa shape index (κ1) is 17.5. The predicted octanol–water partition coefficient (Wildman–Crippen LogP) is 3.05. The third kappa shape index (κ3) is 3.51. The molecule has 24 heavy (non-hydrogen) atoms. The second-order valence-electron chi connectivity index (χ2n) is 7.95. The van der Waals surface area contributed by atoms with Gasteiger partial charge in [0.05, 0.1) is 0 Å². The fourth-order valence-electron chi connectivity index (χ4n) is 4.40. The monoisotopic (exact) mass is 333 g/mol. The lowest BCUT2D eigenvalue weighted by Crippen LogP contribution is -2.46. The molecule has 1 atom stereocenters. The Morgan fingerprint density at radius 1 is 1.25 bits per heavy atom. The first-order chi connectivity index (χ1) is 11.5. The summed E-state index contributed by atoms with van der Waals surface area (Å²) in [7, 11) is 1.91. The Labute approximate surface area is 145 Å². The van der Waals surface area contributed by atoms with Crippen molar-refractivity contribution in [1.82, 2.24) is 14.5 Å². The maximum Gasteiger partial charge on any atom is 0.228 e. The molecule has 2 fully saturated rings. The van der Waals surface area contributed by atoms with E-state index in [9.17, 15) is 9.90 Å². The van der Waals surface area contributed by atoms with Crippen molar-refractivity contribution in [3.63, 3.8) is 0 Å². The maximum absolute atomic E-state index is 13.0. The van der Waals surface area contributed by atoms with Gasteiger partial charge in [-0.25, -0.2) is 4.98 Å². The average molecular weight is 333 g/mol. The molecule has 0 aromatic carbocycles. The van der Waals surface area contributed by atoms with E-state index in [0.717, 1.165) is 44.6 Å². The number of aliphatic hydroxyl groups excluding tert-OH is 1. The average Bonchev–Trinajstić information content (AvgIpc) is 2.89. The van der Waals surface area contributed by atoms with Gasteiger partial charge in [-0.05, 0) is 31.6 Å². The molecule has 1 saturated carbocycles. The molecule has 5 nitrogen and oxygen atoms in total. The molecule has 5 heteroatoms. The molecule has 1 amide bonds. The van der Waals surface area contributed by atoms with Crippen molar-refractivity contribution >= 4 is 5.91 Å². The fourth-order valence-corrected chi connectivity index (χ4v) is 4.40. The summed E-state index contributed by atoms with van der Waals surface area (Å²) in [6.45, 7) is 3.69. The first-order valence-electron chi connectivity index (χ1n) is 9.46. The minimum absolute atomic E-state index is 0.165. The molecule has 3 rings (SSSR count). The summed E-state index contributed by atoms with van der Waals surface area (Å²) in [5.41, 5.74) is -0.165. The van der Waals surface area contributed by atoms with Gasteiger partial charge in [0, 0.05) is 37.9 Å². The number of likely N-dealkylation sites (tertiary alicyclic amines) is 1. The van der Waals surface area contributed by atoms with E-state index in [1.807, 2.05) is 22.7 Å². The Kier molecular flexibility index (Phi) is 5.28. The summed E-state index contributed by atoms with van der Waals surface area (Å²) in [6, 6.07) is 0. The van der Waals surface area contributed by atoms with Gasteiger partial charge in [0.1, 0.15) is 11.9 Å². The number of aromatic nitrogens is 2. The molecule has 2 heterocycles. The molecule has 1 saturated heterocycles. The van der Waals surface area contributed by atoms with Crippen molar-refractivity contribution in [2.75, 3.05) is 13.1 Å². The predicted molar refractivity (Wildman–Crippen MR) is 93.3 cm³/mol. The van der Waals surface area contributed by atoms with Crippen LogP contribution >= 0.6 is 0 Å². The number of rotatable bonds is 3. The Hall–Kier alpha value is -1.36. The second kappa shape index (κ2) is 7.26. The van der Waals surface area contributed by atoms with Crippen LogP contribution in [-0.2, 0) is 11.8 Å². The fraction of sp³-hybridized carbons (Fsp3) is 0.789. The van der Waals surface area contributed by atoms with Gasteiger partial charge in [-0.3, -0.25) is 4.79 Å². The summed E-state index contributed by atoms with van der Waals surface area (Å²) in [5.74, 6) is 1.27. The van der Waals surface area contributed by atoms with Crippen LogP contribution in [-0.4, -0.2) is 38.6 Å². The largest absolute Gasteiger partial charge is 0.385 e. The van der Waals surface area contributed by atoms with Gasteiger partial charge in [0.25, 0.3) is 0 Å². The van der Waals surface area contributed by atoms with E-state index < -0.39 is 6.10 Å². The molecule has 134 valence electrons. The van der Waals surface area contributed by atoms with Crippen LogP contribution in [0.15, 0.2) is 12.4 Å². The smallest absolute Gasteiger partial charge is 0.228 e. The number of carbonyl (C=O) groups excluding carboxylic acids is 1. The number of piperidine rings is 1. The van der Waals surface area contributed by atoms with Crippen molar-refractivity contribution < 1.29 is 9.90 Å². The van der Waals surface area contributed by atoms with Crippen LogP contribution in [0.2, 0.25) is 0 Å². The number of aryl methyl sites for hydroxylation is 1. The van der Waals surface area contributed by atoms with Gasteiger partial charge in [-0.1, -0.05) is 32.6 Å². The Balaban J connectivity index is 1.58. The third-order valence-electron chi connectivity index (χ3n) is 6.12. The Bertz CT molecular complexity index is 553. The van der Waals surface area contributed by atoms with E-state index in [2.05, 4.69) is 11.9 Å². The molecular formula is C19H31N3O2. The molecule has 1 aromatic rings. The quantitative estimate of drug-likeness (QED) is 0.865. The van der Waals surface area contributed by atoms with Gasteiger partial charge >= 0.3 is 0 Å². The van der Waals surface area contributed by atoms with Gasteiger partial charge in [-0.15, -0.1) is 0 Å². The topological polar surface area (TPSA) is 58.4 Å². The number of amides is 1. The normalized spacial score (nSPS) is 23.7. The number of hydrogen-bond donors (Lipinski definition) is 1. The number of aliphatic hydroxyl groups is 1. The van der Waals surface area contributed by atoms with Crippen LogP contribution in [0.5, 0.6) is 0 Å². The molecule has 1 aliphatic carbocycles. The second-order valence-corrected chi connectivity index (χ2v) is 7.95. The van der Waals surface area contributed by atoms with E-state index in [-0.39, 0.29) is 11.3 Å². The molecule has 0 spiro atoms. The highest BCUT2D eigenvalue weighted by atomic mass is 16.3. The third-order valence-corrected chi connectivity index (χ3v) is 6.12. The minimum Gasteiger partial charge on any atom is -0.385 e. The number of imidazole rings is 1. The number of carbonyl (C=O) groups is 1. The molecule has 1 unspecified atom stereocenters. The summed E-state index contributed by atoms with van der Waals surface area (Å²) in [5, 5.41) is 10.6. The zero-order valence-corrected chi connectivity index (χ0v) is 15.1. The van der Waals surface area contributed by atoms with Crippen molar-refractivity contribution in [2.24, 2.45) is 18.4 Å². The highest BCUT2D eigenvalue weighted by Gasteiger charge is 2.39. The molecule has 2 aliphatic rings. The summed E-state index contributed by atoms with van der Waals surface area (Å²) >= 11 is 0. The van der Waals surface area contributed by atoms with Crippen LogP contribution in [0.25, 0.3) is 0 Å². The minimum atomic E-state index is -0.532. The summed E-state index contributed by atoms with van der Waals surface area (Å²) < 4.78 is 1.88. The lowest BCUT2D eigenvalue weighted by molar-refractivity contribution is -0.144. The van der Waals surface area contributed by atoms with Crippen LogP contribution in [0.4, 0.5) is 0 Å². The van der Waals surface area contributed by atoms with Crippen molar-refractivity contribution in [3.05, 3.63) is 18.2 Å². The Morgan fingerprint density at radius 2 is 1.88 bits per heavy atom. The number of nitrogens with zero attached hydrogens (tertiary/aromatic N) is 3. The SMILES string of the molecule is Cn1ccnc1C(O)C1CCN(C(=O)C2(C)CCCCCC2)CC1. The lowest BCUT2D eigenvalue weighted by Gasteiger charge is -2.39. The lowest BCUT2D eigenvalue weighted by atomic mass is 9.80. The zero-order valence-electron chi connectivity index (χ0n) is 15.1. The Morgan fingerprint density at radius 3 is 2.42 bits per heavy atom. The molecule has 1 aliphatic heterocycles. The van der Waals surface area contributed by atoms with E-state index in [1.165, 1.54) is 25.7 Å². The van der Waals surface area contributed by atoms with Gasteiger partial charge in [0.2, 0.25) is 5.91 Å². The summed E-state index contributed by atoms with van der Waals surface area (Å²) in [4.78, 5) is 19.4. The highest BCUT2D eigenvalue weighted by Crippen LogP contribution is 2.38. The zero-order chi connectivity index (χ0) is 17.2. The van der Waals surface area contributed by atoms with Crippen molar-refractivity contribution in [3.8, 4) is 0 Å². The van der Waals surface area contributed by atoms with Gasteiger partial charge < -0.3 is 14.6 Å². The molecule has 0 bridgehead atoms. The van der Waals surface area contributed by atoms with Crippen LogP contribution in [0.1, 0.15) is 70.2 Å². The van der Waals surface area contributed by atoms with Crippen molar-refractivity contribution in [1.29, 1.82) is 0 Å². The molecule has 0 radical (unpaired) electrons. The van der Waals surface area contributed by atoms with Crippen LogP contribution in [0.3, 0.4) is 0 Å². The van der Waals surface area contributed by atoms with E-state index >= 15 is 0 Å².